The Morgan fingerprint density at radius 2 is 1.24 bits per heavy atom. The summed E-state index contributed by atoms with van der Waals surface area (Å²) in [6.07, 6.45) is 9.50. The first-order valence-corrected chi connectivity index (χ1v) is 14.2. The molecule has 0 aliphatic carbocycles. The van der Waals surface area contributed by atoms with Gasteiger partial charge in [0.05, 0.1) is 0 Å². The van der Waals surface area contributed by atoms with Crippen molar-refractivity contribution >= 4 is 11.5 Å². The molecule has 3 heteroatoms. The molecule has 2 bridgehead atoms. The van der Waals surface area contributed by atoms with E-state index in [1.165, 1.54) is 41.5 Å². The molecule has 190 valence electrons. The maximum Gasteiger partial charge on any atom is 0.253 e. The van der Waals surface area contributed by atoms with Gasteiger partial charge in [-0.15, -0.1) is 0 Å². The zero-order valence-corrected chi connectivity index (χ0v) is 21.8. The van der Waals surface area contributed by atoms with E-state index in [9.17, 15) is 4.79 Å². The number of nitrogens with zero attached hydrogens (tertiary/aromatic N) is 2. The highest BCUT2D eigenvalue weighted by molar-refractivity contribution is 5.95. The van der Waals surface area contributed by atoms with Gasteiger partial charge in [-0.3, -0.25) is 9.69 Å². The fourth-order valence-electron chi connectivity index (χ4n) is 6.82. The van der Waals surface area contributed by atoms with Gasteiger partial charge in [-0.05, 0) is 85.8 Å². The van der Waals surface area contributed by atoms with E-state index in [1.807, 2.05) is 4.90 Å². The van der Waals surface area contributed by atoms with E-state index in [4.69, 9.17) is 0 Å². The van der Waals surface area contributed by atoms with E-state index < -0.39 is 0 Å². The summed E-state index contributed by atoms with van der Waals surface area (Å²) in [5.74, 6) is 0.185. The van der Waals surface area contributed by atoms with Crippen LogP contribution in [-0.4, -0.2) is 47.4 Å². The van der Waals surface area contributed by atoms with Gasteiger partial charge in [-0.1, -0.05) is 78.4 Å². The third-order valence-electron chi connectivity index (χ3n) is 8.72. The van der Waals surface area contributed by atoms with Crippen LogP contribution in [0.25, 0.3) is 5.57 Å². The molecule has 3 nitrogen and oxygen atoms in total. The topological polar surface area (TPSA) is 23.6 Å². The second-order valence-corrected chi connectivity index (χ2v) is 11.0. The maximum atomic E-state index is 13.1. The van der Waals surface area contributed by atoms with Gasteiger partial charge in [-0.25, -0.2) is 0 Å². The van der Waals surface area contributed by atoms with Crippen molar-refractivity contribution in [2.24, 2.45) is 0 Å². The van der Waals surface area contributed by atoms with E-state index in [0.29, 0.717) is 12.1 Å². The third kappa shape index (κ3) is 5.29. The minimum atomic E-state index is 0.185. The largest absolute Gasteiger partial charge is 0.339 e. The lowest BCUT2D eigenvalue weighted by molar-refractivity contribution is 0.0724. The van der Waals surface area contributed by atoms with Crippen LogP contribution < -0.4 is 0 Å². The molecular formula is C34H38N2O. The monoisotopic (exact) mass is 490 g/mol. The Morgan fingerprint density at radius 1 is 0.676 bits per heavy atom. The zero-order valence-electron chi connectivity index (χ0n) is 21.8. The van der Waals surface area contributed by atoms with Gasteiger partial charge in [0.25, 0.3) is 5.91 Å². The number of carbonyl (C=O) groups is 1. The normalized spacial score (nSPS) is 21.7. The molecule has 37 heavy (non-hydrogen) atoms. The SMILES string of the molecule is O=C(c1ccc(C(=C2CC3CCC(C2)N3CCc2ccccc2)c2ccccc2)cc1)N1CCCCC1. The molecule has 0 spiro atoms. The molecular weight excluding hydrogens is 452 g/mol. The molecule has 0 radical (unpaired) electrons. The summed E-state index contributed by atoms with van der Waals surface area (Å²) in [5.41, 5.74) is 7.77. The molecule has 3 aliphatic heterocycles. The molecule has 0 aromatic heterocycles. The van der Waals surface area contributed by atoms with Crippen molar-refractivity contribution < 1.29 is 4.79 Å². The molecule has 0 N–H and O–H groups in total. The Morgan fingerprint density at radius 3 is 1.89 bits per heavy atom. The van der Waals surface area contributed by atoms with E-state index in [1.54, 1.807) is 5.57 Å². The highest BCUT2D eigenvalue weighted by Crippen LogP contribution is 2.43. The lowest BCUT2D eigenvalue weighted by Gasteiger charge is -2.37. The molecule has 0 saturated carbocycles. The van der Waals surface area contributed by atoms with Crippen molar-refractivity contribution in [2.75, 3.05) is 19.6 Å². The van der Waals surface area contributed by atoms with Crippen LogP contribution in [-0.2, 0) is 6.42 Å². The Bertz CT molecular complexity index is 1210. The number of benzene rings is 3. The van der Waals surface area contributed by atoms with Gasteiger partial charge in [0.2, 0.25) is 0 Å². The van der Waals surface area contributed by atoms with Crippen molar-refractivity contribution in [1.29, 1.82) is 0 Å². The van der Waals surface area contributed by atoms with Crippen molar-refractivity contribution in [3.63, 3.8) is 0 Å². The highest BCUT2D eigenvalue weighted by Gasteiger charge is 2.39. The number of carbonyl (C=O) groups excluding carboxylic acids is 1. The van der Waals surface area contributed by atoms with Crippen LogP contribution in [0.5, 0.6) is 0 Å². The Labute approximate surface area is 221 Å². The van der Waals surface area contributed by atoms with Gasteiger partial charge >= 0.3 is 0 Å². The fraction of sp³-hybridized carbons (Fsp3) is 0.382. The van der Waals surface area contributed by atoms with Crippen LogP contribution in [0.4, 0.5) is 0 Å². The van der Waals surface area contributed by atoms with Crippen molar-refractivity contribution in [3.8, 4) is 0 Å². The van der Waals surface area contributed by atoms with Crippen LogP contribution in [0.3, 0.4) is 0 Å². The average molecular weight is 491 g/mol. The van der Waals surface area contributed by atoms with Crippen LogP contribution >= 0.6 is 0 Å². The van der Waals surface area contributed by atoms with Gasteiger partial charge < -0.3 is 4.90 Å². The molecule has 3 fully saturated rings. The average Bonchev–Trinajstić information content (AvgIpc) is 3.20. The minimum absolute atomic E-state index is 0.185. The number of piperidine rings is 2. The molecule has 3 aromatic carbocycles. The van der Waals surface area contributed by atoms with Crippen LogP contribution in [0, 0.1) is 0 Å². The summed E-state index contributed by atoms with van der Waals surface area (Å²) in [7, 11) is 0. The molecule has 3 heterocycles. The zero-order chi connectivity index (χ0) is 25.0. The van der Waals surface area contributed by atoms with E-state index in [0.717, 1.165) is 57.3 Å². The predicted octanol–water partition coefficient (Wildman–Crippen LogP) is 6.98. The Hall–Kier alpha value is -3.17. The smallest absolute Gasteiger partial charge is 0.253 e. The lowest BCUT2D eigenvalue weighted by atomic mass is 9.85. The first-order chi connectivity index (χ1) is 18.3. The quantitative estimate of drug-likeness (QED) is 0.372. The standard InChI is InChI=1S/C34H38N2O/c37-34(35-21-8-3-9-22-35)29-16-14-28(15-17-29)33(27-12-6-2-7-13-27)30-24-31-18-19-32(25-30)36(31)23-20-26-10-4-1-5-11-26/h1-2,4-7,10-17,31-32H,3,8-9,18-25H2. The number of fused-ring (bicyclic) bond motifs is 2. The van der Waals surface area contributed by atoms with Gasteiger partial charge in [0, 0.05) is 37.3 Å². The summed E-state index contributed by atoms with van der Waals surface area (Å²) in [6.45, 7) is 2.94. The van der Waals surface area contributed by atoms with E-state index in [2.05, 4.69) is 89.8 Å². The summed E-state index contributed by atoms with van der Waals surface area (Å²) in [5, 5.41) is 0. The van der Waals surface area contributed by atoms with Crippen molar-refractivity contribution in [2.45, 2.75) is 63.5 Å². The molecule has 3 aliphatic rings. The summed E-state index contributed by atoms with van der Waals surface area (Å²) >= 11 is 0. The number of rotatable bonds is 6. The van der Waals surface area contributed by atoms with Gasteiger partial charge in [-0.2, -0.15) is 0 Å². The van der Waals surface area contributed by atoms with Crippen molar-refractivity contribution in [1.82, 2.24) is 9.80 Å². The Kier molecular flexibility index (Phi) is 7.23. The van der Waals surface area contributed by atoms with E-state index >= 15 is 0 Å². The number of hydrogen-bond acceptors (Lipinski definition) is 2. The number of hydrogen-bond donors (Lipinski definition) is 0. The molecule has 2 unspecified atom stereocenters. The highest BCUT2D eigenvalue weighted by atomic mass is 16.2. The lowest BCUT2D eigenvalue weighted by Crippen LogP contribution is -2.41. The predicted molar refractivity (Wildman–Crippen MR) is 152 cm³/mol. The molecule has 3 saturated heterocycles. The molecule has 3 aromatic rings. The van der Waals surface area contributed by atoms with Crippen LogP contribution in [0.1, 0.15) is 72.0 Å². The minimum Gasteiger partial charge on any atom is -0.339 e. The number of likely N-dealkylation sites (tertiary alicyclic amines) is 1. The maximum absolute atomic E-state index is 13.1. The molecule has 1 amide bonds. The fourth-order valence-corrected chi connectivity index (χ4v) is 6.82. The van der Waals surface area contributed by atoms with Crippen LogP contribution in [0.15, 0.2) is 90.5 Å². The summed E-state index contributed by atoms with van der Waals surface area (Å²) in [4.78, 5) is 17.9. The van der Waals surface area contributed by atoms with Gasteiger partial charge in [0.15, 0.2) is 0 Å². The Balaban J connectivity index is 1.25. The number of amides is 1. The first kappa shape index (κ1) is 24.2. The van der Waals surface area contributed by atoms with Crippen LogP contribution in [0.2, 0.25) is 0 Å². The summed E-state index contributed by atoms with van der Waals surface area (Å²) in [6, 6.07) is 31.6. The van der Waals surface area contributed by atoms with Crippen molar-refractivity contribution in [3.05, 3.63) is 113 Å². The third-order valence-corrected chi connectivity index (χ3v) is 8.72. The second kappa shape index (κ2) is 11.1. The second-order valence-electron chi connectivity index (χ2n) is 11.0. The van der Waals surface area contributed by atoms with Gasteiger partial charge in [0.1, 0.15) is 0 Å². The summed E-state index contributed by atoms with van der Waals surface area (Å²) < 4.78 is 0. The molecule has 6 rings (SSSR count). The first-order valence-electron chi connectivity index (χ1n) is 14.2. The molecule has 2 atom stereocenters. The van der Waals surface area contributed by atoms with E-state index in [-0.39, 0.29) is 5.91 Å².